The first-order chi connectivity index (χ1) is 17.5. The van der Waals surface area contributed by atoms with Gasteiger partial charge in [-0.15, -0.1) is 0 Å². The van der Waals surface area contributed by atoms with E-state index in [1.54, 1.807) is 54.1 Å². The van der Waals surface area contributed by atoms with Crippen LogP contribution >= 0.6 is 0 Å². The van der Waals surface area contributed by atoms with Crippen molar-refractivity contribution in [1.82, 2.24) is 9.47 Å². The maximum Gasteiger partial charge on any atom is 0.321 e. The summed E-state index contributed by atoms with van der Waals surface area (Å²) in [5, 5.41) is 5.62. The number of carbonyl (C=O) groups is 2. The van der Waals surface area contributed by atoms with Crippen LogP contribution in [0.5, 0.6) is 11.5 Å². The van der Waals surface area contributed by atoms with Crippen molar-refractivity contribution in [3.63, 3.8) is 0 Å². The van der Waals surface area contributed by atoms with E-state index in [1.807, 2.05) is 29.2 Å². The van der Waals surface area contributed by atoms with Crippen LogP contribution in [0.15, 0.2) is 71.5 Å². The monoisotopic (exact) mass is 488 g/mol. The Morgan fingerprint density at radius 1 is 0.917 bits per heavy atom. The number of fused-ring (bicyclic) bond motifs is 4. The predicted octanol–water partition coefficient (Wildman–Crippen LogP) is 3.53. The quantitative estimate of drug-likeness (QED) is 0.553. The molecule has 3 aromatic rings. The molecule has 0 radical (unpaired) electrons. The van der Waals surface area contributed by atoms with E-state index in [0.29, 0.717) is 31.1 Å². The summed E-state index contributed by atoms with van der Waals surface area (Å²) in [6.45, 7) is 1.40. The fraction of sp³-hybridized carbons (Fsp3) is 0.296. The van der Waals surface area contributed by atoms with Crippen molar-refractivity contribution in [3.8, 4) is 11.5 Å². The third-order valence-corrected chi connectivity index (χ3v) is 6.62. The number of ether oxygens (including phenoxy) is 2. The van der Waals surface area contributed by atoms with Crippen molar-refractivity contribution >= 4 is 23.3 Å². The summed E-state index contributed by atoms with van der Waals surface area (Å²) in [6.07, 6.45) is 0.919. The number of methoxy groups -OCH3 is 1. The van der Waals surface area contributed by atoms with Gasteiger partial charge in [0.25, 0.3) is 11.5 Å². The molecule has 2 aliphatic heterocycles. The van der Waals surface area contributed by atoms with Gasteiger partial charge in [-0.1, -0.05) is 18.2 Å². The molecule has 0 saturated carbocycles. The number of anilines is 2. The minimum Gasteiger partial charge on any atom is -0.497 e. The number of aromatic nitrogens is 1. The first-order valence-corrected chi connectivity index (χ1v) is 11.9. The zero-order valence-electron chi connectivity index (χ0n) is 20.0. The molecule has 9 heteroatoms. The van der Waals surface area contributed by atoms with E-state index in [9.17, 15) is 14.4 Å². The number of urea groups is 1. The Balaban J connectivity index is 1.24. The van der Waals surface area contributed by atoms with E-state index >= 15 is 0 Å². The van der Waals surface area contributed by atoms with E-state index < -0.39 is 5.91 Å². The lowest BCUT2D eigenvalue weighted by molar-refractivity contribution is -0.118. The Labute approximate surface area is 208 Å². The summed E-state index contributed by atoms with van der Waals surface area (Å²) in [5.41, 5.74) is 1.59. The van der Waals surface area contributed by atoms with Crippen molar-refractivity contribution < 1.29 is 19.1 Å². The van der Waals surface area contributed by atoms with Gasteiger partial charge in [0.1, 0.15) is 17.2 Å². The lowest BCUT2D eigenvalue weighted by Gasteiger charge is -2.42. The fourth-order valence-electron chi connectivity index (χ4n) is 4.94. The van der Waals surface area contributed by atoms with Crippen molar-refractivity contribution in [2.75, 3.05) is 37.4 Å². The molecule has 3 amide bonds. The van der Waals surface area contributed by atoms with Crippen LogP contribution in [-0.2, 0) is 11.3 Å². The lowest BCUT2D eigenvalue weighted by Crippen LogP contribution is -2.50. The van der Waals surface area contributed by atoms with Crippen LogP contribution in [0.3, 0.4) is 0 Å². The molecule has 2 aliphatic rings. The Morgan fingerprint density at radius 3 is 2.44 bits per heavy atom. The second kappa shape index (κ2) is 10.2. The molecular weight excluding hydrogens is 460 g/mol. The number of carbonyl (C=O) groups excluding carboxylic acids is 2. The molecule has 2 bridgehead atoms. The van der Waals surface area contributed by atoms with Crippen molar-refractivity contribution in [2.24, 2.45) is 5.92 Å². The normalized spacial score (nSPS) is 18.1. The SMILES string of the molecule is COc1ccc(NC(=O)N2CC3CC(C2)c2ccc(NC(=O)COc4ccccc4)c(=O)n2C3)cc1. The Morgan fingerprint density at radius 2 is 1.69 bits per heavy atom. The second-order valence-corrected chi connectivity index (χ2v) is 9.10. The van der Waals surface area contributed by atoms with Gasteiger partial charge in [-0.05, 0) is 60.9 Å². The number of piperidine rings is 1. The average molecular weight is 489 g/mol. The molecule has 2 atom stereocenters. The van der Waals surface area contributed by atoms with E-state index in [-0.39, 0.29) is 35.7 Å². The molecule has 186 valence electrons. The van der Waals surface area contributed by atoms with Crippen LogP contribution in [0, 0.1) is 5.92 Å². The highest BCUT2D eigenvalue weighted by Gasteiger charge is 2.36. The molecule has 0 aliphatic carbocycles. The van der Waals surface area contributed by atoms with Crippen molar-refractivity contribution in [3.05, 3.63) is 82.8 Å². The molecular formula is C27H28N4O5. The molecule has 9 nitrogen and oxygen atoms in total. The van der Waals surface area contributed by atoms with Gasteiger partial charge >= 0.3 is 6.03 Å². The number of hydrogen-bond donors (Lipinski definition) is 2. The van der Waals surface area contributed by atoms with Gasteiger partial charge in [-0.3, -0.25) is 9.59 Å². The maximum absolute atomic E-state index is 13.2. The summed E-state index contributed by atoms with van der Waals surface area (Å²) >= 11 is 0. The summed E-state index contributed by atoms with van der Waals surface area (Å²) in [5.74, 6) is 1.12. The first-order valence-electron chi connectivity index (χ1n) is 11.9. The zero-order chi connectivity index (χ0) is 25.1. The minimum atomic E-state index is -0.395. The van der Waals surface area contributed by atoms with Gasteiger partial charge in [-0.25, -0.2) is 4.79 Å². The zero-order valence-corrected chi connectivity index (χ0v) is 20.0. The Bertz CT molecular complexity index is 1310. The van der Waals surface area contributed by atoms with Gasteiger partial charge in [0.05, 0.1) is 7.11 Å². The summed E-state index contributed by atoms with van der Waals surface area (Å²) in [6, 6.07) is 19.6. The van der Waals surface area contributed by atoms with Crippen LogP contribution in [0.2, 0.25) is 0 Å². The van der Waals surface area contributed by atoms with Gasteiger partial charge in [0, 0.05) is 36.9 Å². The molecule has 0 spiro atoms. The molecule has 36 heavy (non-hydrogen) atoms. The topological polar surface area (TPSA) is 102 Å². The molecule has 5 rings (SSSR count). The van der Waals surface area contributed by atoms with Crippen LogP contribution in [0.1, 0.15) is 18.0 Å². The molecule has 2 N–H and O–H groups in total. The number of amides is 3. The third-order valence-electron chi connectivity index (χ3n) is 6.62. The average Bonchev–Trinajstić information content (AvgIpc) is 2.90. The van der Waals surface area contributed by atoms with E-state index in [4.69, 9.17) is 9.47 Å². The van der Waals surface area contributed by atoms with Gasteiger partial charge < -0.3 is 29.6 Å². The molecule has 1 fully saturated rings. The van der Waals surface area contributed by atoms with Crippen LogP contribution in [0.4, 0.5) is 16.2 Å². The number of para-hydroxylation sites is 1. The largest absolute Gasteiger partial charge is 0.497 e. The minimum absolute atomic E-state index is 0.0537. The van der Waals surface area contributed by atoms with Gasteiger partial charge in [0.2, 0.25) is 0 Å². The number of pyridine rings is 1. The number of likely N-dealkylation sites (tertiary alicyclic amines) is 1. The maximum atomic E-state index is 13.2. The van der Waals surface area contributed by atoms with Crippen LogP contribution in [0.25, 0.3) is 0 Å². The fourth-order valence-corrected chi connectivity index (χ4v) is 4.94. The predicted molar refractivity (Wildman–Crippen MR) is 136 cm³/mol. The number of nitrogens with one attached hydrogen (secondary N) is 2. The smallest absolute Gasteiger partial charge is 0.321 e. The number of nitrogens with zero attached hydrogens (tertiary/aromatic N) is 2. The van der Waals surface area contributed by atoms with Crippen LogP contribution < -0.4 is 25.7 Å². The van der Waals surface area contributed by atoms with E-state index in [1.165, 1.54) is 0 Å². The second-order valence-electron chi connectivity index (χ2n) is 9.10. The number of rotatable bonds is 6. The van der Waals surface area contributed by atoms with Gasteiger partial charge in [-0.2, -0.15) is 0 Å². The first kappa shape index (κ1) is 23.5. The summed E-state index contributed by atoms with van der Waals surface area (Å²) < 4.78 is 12.4. The van der Waals surface area contributed by atoms with Crippen molar-refractivity contribution in [1.29, 1.82) is 0 Å². The number of hydrogen-bond acceptors (Lipinski definition) is 5. The highest BCUT2D eigenvalue weighted by atomic mass is 16.5. The highest BCUT2D eigenvalue weighted by molar-refractivity contribution is 5.91. The standard InChI is InChI=1S/C27H28N4O5/c1-35-21-9-7-20(8-10-21)28-27(34)30-14-18-13-19(16-30)24-12-11-23(26(33)31(24)15-18)29-25(32)17-36-22-5-3-2-4-6-22/h2-12,18-19H,13-17H2,1H3,(H,28,34)(H,29,32). The molecule has 2 unspecified atom stereocenters. The van der Waals surface area contributed by atoms with Crippen molar-refractivity contribution in [2.45, 2.75) is 18.9 Å². The summed E-state index contributed by atoms with van der Waals surface area (Å²) in [7, 11) is 1.60. The highest BCUT2D eigenvalue weighted by Crippen LogP contribution is 2.35. The van der Waals surface area contributed by atoms with E-state index in [0.717, 1.165) is 17.9 Å². The molecule has 3 heterocycles. The summed E-state index contributed by atoms with van der Waals surface area (Å²) in [4.78, 5) is 40.3. The molecule has 2 aromatic carbocycles. The van der Waals surface area contributed by atoms with Gasteiger partial charge in [0.15, 0.2) is 6.61 Å². The third kappa shape index (κ3) is 5.05. The lowest BCUT2D eigenvalue weighted by atomic mass is 9.83. The van der Waals surface area contributed by atoms with Crippen LogP contribution in [-0.4, -0.2) is 48.2 Å². The Kier molecular flexibility index (Phi) is 6.62. The van der Waals surface area contributed by atoms with E-state index in [2.05, 4.69) is 10.6 Å². The molecule has 1 aromatic heterocycles. The Hall–Kier alpha value is -4.27. The number of benzene rings is 2. The molecule has 1 saturated heterocycles.